The SMILES string of the molecule is CCOc1nc2nc(Cl)nc(NCc3ccco3)c2[nH]1. The normalized spacial score (nSPS) is 10.9. The molecule has 0 spiro atoms. The molecule has 0 atom stereocenters. The van der Waals surface area contributed by atoms with Crippen LogP contribution in [-0.2, 0) is 6.54 Å². The number of nitrogens with one attached hydrogen (secondary N) is 2. The van der Waals surface area contributed by atoms with Crippen LogP contribution in [0.4, 0.5) is 5.82 Å². The van der Waals surface area contributed by atoms with Gasteiger partial charge >= 0.3 is 0 Å². The first kappa shape index (κ1) is 12.7. The molecule has 0 unspecified atom stereocenters. The molecule has 0 bridgehead atoms. The minimum absolute atomic E-state index is 0.119. The first-order chi connectivity index (χ1) is 9.76. The summed E-state index contributed by atoms with van der Waals surface area (Å²) >= 11 is 5.89. The van der Waals surface area contributed by atoms with Crippen molar-refractivity contribution in [1.29, 1.82) is 0 Å². The summed E-state index contributed by atoms with van der Waals surface area (Å²) in [5.41, 5.74) is 1.10. The number of furan rings is 1. The number of halogens is 1. The topological polar surface area (TPSA) is 88.9 Å². The van der Waals surface area contributed by atoms with Gasteiger partial charge in [-0.2, -0.15) is 15.0 Å². The Morgan fingerprint density at radius 2 is 2.30 bits per heavy atom. The maximum absolute atomic E-state index is 5.89. The summed E-state index contributed by atoms with van der Waals surface area (Å²) in [6, 6.07) is 4.08. The molecule has 0 saturated heterocycles. The zero-order valence-electron chi connectivity index (χ0n) is 10.7. The molecule has 0 aliphatic carbocycles. The zero-order valence-corrected chi connectivity index (χ0v) is 11.4. The highest BCUT2D eigenvalue weighted by atomic mass is 35.5. The minimum Gasteiger partial charge on any atom is -0.467 e. The number of fused-ring (bicyclic) bond motifs is 1. The fourth-order valence-corrected chi connectivity index (χ4v) is 1.93. The standard InChI is InChI=1S/C12H12ClN5O2/c1-2-19-12-15-8-9(14-6-7-4-3-5-20-7)16-11(13)17-10(8)18-12/h3-5H,2,6H2,1H3,(H2,14,15,16,17,18). The Morgan fingerprint density at radius 3 is 3.05 bits per heavy atom. The molecule has 0 amide bonds. The van der Waals surface area contributed by atoms with Crippen LogP contribution in [0.1, 0.15) is 12.7 Å². The third-order valence-corrected chi connectivity index (χ3v) is 2.76. The molecule has 20 heavy (non-hydrogen) atoms. The Kier molecular flexibility index (Phi) is 3.42. The van der Waals surface area contributed by atoms with Crippen LogP contribution in [0.15, 0.2) is 22.8 Å². The van der Waals surface area contributed by atoms with E-state index in [1.165, 1.54) is 0 Å². The second-order valence-corrected chi connectivity index (χ2v) is 4.29. The second kappa shape index (κ2) is 5.38. The predicted octanol–water partition coefficient (Wildman–Crippen LogP) is 2.61. The largest absolute Gasteiger partial charge is 0.467 e. The van der Waals surface area contributed by atoms with E-state index in [-0.39, 0.29) is 5.28 Å². The zero-order chi connectivity index (χ0) is 13.9. The van der Waals surface area contributed by atoms with Gasteiger partial charge in [0.15, 0.2) is 11.5 Å². The van der Waals surface area contributed by atoms with E-state index in [9.17, 15) is 0 Å². The summed E-state index contributed by atoms with van der Waals surface area (Å²) in [6.45, 7) is 2.87. The fraction of sp³-hybridized carbons (Fsp3) is 0.250. The van der Waals surface area contributed by atoms with Crippen LogP contribution in [0.3, 0.4) is 0 Å². The summed E-state index contributed by atoms with van der Waals surface area (Å²) < 4.78 is 10.6. The molecule has 8 heteroatoms. The van der Waals surface area contributed by atoms with E-state index in [0.29, 0.717) is 36.1 Å². The van der Waals surface area contributed by atoms with Gasteiger partial charge in [-0.1, -0.05) is 0 Å². The Morgan fingerprint density at radius 1 is 1.40 bits per heavy atom. The van der Waals surface area contributed by atoms with Gasteiger partial charge in [0.05, 0.1) is 19.4 Å². The van der Waals surface area contributed by atoms with E-state index >= 15 is 0 Å². The number of rotatable bonds is 5. The molecule has 0 aromatic carbocycles. The maximum atomic E-state index is 5.89. The highest BCUT2D eigenvalue weighted by molar-refractivity contribution is 6.28. The van der Waals surface area contributed by atoms with Crippen molar-refractivity contribution >= 4 is 28.6 Å². The van der Waals surface area contributed by atoms with E-state index in [0.717, 1.165) is 5.76 Å². The van der Waals surface area contributed by atoms with Crippen molar-refractivity contribution in [3.05, 3.63) is 29.4 Å². The molecule has 3 heterocycles. The number of hydrogen-bond donors (Lipinski definition) is 2. The lowest BCUT2D eigenvalue weighted by molar-refractivity contribution is 0.317. The van der Waals surface area contributed by atoms with Gasteiger partial charge in [-0.25, -0.2) is 0 Å². The summed E-state index contributed by atoms with van der Waals surface area (Å²) in [5.74, 6) is 1.34. The number of nitrogens with zero attached hydrogens (tertiary/aromatic N) is 3. The number of aromatic nitrogens is 4. The molecule has 0 aliphatic heterocycles. The summed E-state index contributed by atoms with van der Waals surface area (Å²) in [4.78, 5) is 15.4. The number of imidazole rings is 1. The predicted molar refractivity (Wildman–Crippen MR) is 73.9 cm³/mol. The van der Waals surface area contributed by atoms with Crippen LogP contribution >= 0.6 is 11.6 Å². The van der Waals surface area contributed by atoms with Gasteiger partial charge in [-0.15, -0.1) is 0 Å². The minimum atomic E-state index is 0.119. The quantitative estimate of drug-likeness (QED) is 0.703. The van der Waals surface area contributed by atoms with Crippen molar-refractivity contribution in [2.24, 2.45) is 0 Å². The van der Waals surface area contributed by atoms with Gasteiger partial charge in [-0.3, -0.25) is 0 Å². The van der Waals surface area contributed by atoms with Crippen molar-refractivity contribution in [2.45, 2.75) is 13.5 Å². The Hall–Kier alpha value is -2.28. The Bertz CT molecular complexity index is 710. The van der Waals surface area contributed by atoms with Gasteiger partial charge in [-0.05, 0) is 30.7 Å². The molecule has 0 aliphatic rings. The highest BCUT2D eigenvalue weighted by Crippen LogP contribution is 2.23. The van der Waals surface area contributed by atoms with Gasteiger partial charge < -0.3 is 19.5 Å². The van der Waals surface area contributed by atoms with Gasteiger partial charge in [0.25, 0.3) is 6.01 Å². The third-order valence-electron chi connectivity index (χ3n) is 2.59. The van der Waals surface area contributed by atoms with Crippen LogP contribution in [0, 0.1) is 0 Å². The summed E-state index contributed by atoms with van der Waals surface area (Å²) in [6.07, 6.45) is 1.61. The lowest BCUT2D eigenvalue weighted by atomic mass is 10.4. The first-order valence-corrected chi connectivity index (χ1v) is 6.46. The summed E-state index contributed by atoms with van der Waals surface area (Å²) in [5, 5.41) is 3.25. The number of anilines is 1. The van der Waals surface area contributed by atoms with Crippen molar-refractivity contribution in [1.82, 2.24) is 19.9 Å². The van der Waals surface area contributed by atoms with Crippen molar-refractivity contribution in [3.63, 3.8) is 0 Å². The van der Waals surface area contributed by atoms with E-state index in [1.807, 2.05) is 19.1 Å². The van der Waals surface area contributed by atoms with Crippen LogP contribution < -0.4 is 10.1 Å². The second-order valence-electron chi connectivity index (χ2n) is 3.95. The molecule has 3 aromatic heterocycles. The smallest absolute Gasteiger partial charge is 0.296 e. The Balaban J connectivity index is 1.91. The fourth-order valence-electron chi connectivity index (χ4n) is 1.77. The molecule has 0 radical (unpaired) electrons. The first-order valence-electron chi connectivity index (χ1n) is 6.08. The number of hydrogen-bond acceptors (Lipinski definition) is 6. The molecular weight excluding hydrogens is 282 g/mol. The van der Waals surface area contributed by atoms with E-state index in [4.69, 9.17) is 20.8 Å². The molecule has 104 valence electrons. The third kappa shape index (κ3) is 2.53. The van der Waals surface area contributed by atoms with E-state index < -0.39 is 0 Å². The van der Waals surface area contributed by atoms with Crippen molar-refractivity contribution < 1.29 is 9.15 Å². The van der Waals surface area contributed by atoms with Crippen LogP contribution in [-0.4, -0.2) is 26.5 Å². The lowest BCUT2D eigenvalue weighted by Crippen LogP contribution is -2.02. The molecule has 3 aromatic rings. The number of aromatic amines is 1. The highest BCUT2D eigenvalue weighted by Gasteiger charge is 2.12. The summed E-state index contributed by atoms with van der Waals surface area (Å²) in [7, 11) is 0. The number of ether oxygens (including phenoxy) is 1. The van der Waals surface area contributed by atoms with E-state index in [1.54, 1.807) is 6.26 Å². The monoisotopic (exact) mass is 293 g/mol. The van der Waals surface area contributed by atoms with Gasteiger partial charge in [0.2, 0.25) is 5.28 Å². The van der Waals surface area contributed by atoms with Gasteiger partial charge in [0, 0.05) is 0 Å². The lowest BCUT2D eigenvalue weighted by Gasteiger charge is -2.04. The molecule has 0 fully saturated rings. The van der Waals surface area contributed by atoms with Crippen LogP contribution in [0.2, 0.25) is 5.28 Å². The maximum Gasteiger partial charge on any atom is 0.296 e. The molecule has 0 saturated carbocycles. The number of H-pyrrole nitrogens is 1. The van der Waals surface area contributed by atoms with Gasteiger partial charge in [0.1, 0.15) is 11.3 Å². The molecule has 2 N–H and O–H groups in total. The van der Waals surface area contributed by atoms with Crippen LogP contribution in [0.25, 0.3) is 11.2 Å². The Labute approximate surface area is 119 Å². The van der Waals surface area contributed by atoms with Crippen LogP contribution in [0.5, 0.6) is 6.01 Å². The molecule has 3 rings (SSSR count). The average molecular weight is 294 g/mol. The molecular formula is C12H12ClN5O2. The van der Waals surface area contributed by atoms with E-state index in [2.05, 4.69) is 25.3 Å². The van der Waals surface area contributed by atoms with Crippen molar-refractivity contribution in [2.75, 3.05) is 11.9 Å². The van der Waals surface area contributed by atoms with Crippen molar-refractivity contribution in [3.8, 4) is 6.01 Å². The molecule has 7 nitrogen and oxygen atoms in total. The average Bonchev–Trinajstić information content (AvgIpc) is 3.05.